The van der Waals surface area contributed by atoms with Crippen molar-refractivity contribution in [2.75, 3.05) is 33.4 Å². The summed E-state index contributed by atoms with van der Waals surface area (Å²) in [7, 11) is 1.69. The topological polar surface area (TPSA) is 50.8 Å². The lowest BCUT2D eigenvalue weighted by Crippen LogP contribution is -2.44. The van der Waals surface area contributed by atoms with E-state index in [1.807, 2.05) is 54.6 Å². The molecule has 0 spiro atoms. The van der Waals surface area contributed by atoms with Crippen LogP contribution >= 0.6 is 0 Å². The number of amides is 1. The first kappa shape index (κ1) is 24.8. The van der Waals surface area contributed by atoms with E-state index in [0.717, 1.165) is 61.4 Å². The Bertz CT molecular complexity index is 1080. The van der Waals surface area contributed by atoms with Gasteiger partial charge in [0.15, 0.2) is 11.5 Å². The van der Waals surface area contributed by atoms with Crippen LogP contribution in [0.15, 0.2) is 72.8 Å². The van der Waals surface area contributed by atoms with Crippen molar-refractivity contribution in [1.82, 2.24) is 10.2 Å². The van der Waals surface area contributed by atoms with Crippen LogP contribution in [0.5, 0.6) is 11.5 Å². The van der Waals surface area contributed by atoms with Gasteiger partial charge in [0.05, 0.1) is 7.11 Å². The third kappa shape index (κ3) is 6.43. The maximum atomic E-state index is 12.6. The molecule has 0 aromatic heterocycles. The van der Waals surface area contributed by atoms with Crippen LogP contribution in [0.2, 0.25) is 0 Å². The highest BCUT2D eigenvalue weighted by Crippen LogP contribution is 2.35. The molecule has 0 fully saturated rings. The number of benzene rings is 3. The lowest BCUT2D eigenvalue weighted by Gasteiger charge is -2.35. The molecule has 184 valence electrons. The van der Waals surface area contributed by atoms with E-state index in [1.54, 1.807) is 7.11 Å². The molecule has 4 rings (SSSR count). The van der Waals surface area contributed by atoms with Crippen LogP contribution < -0.4 is 14.8 Å². The molecule has 1 aliphatic rings. The van der Waals surface area contributed by atoms with E-state index in [-0.39, 0.29) is 5.91 Å². The molecule has 5 nitrogen and oxygen atoms in total. The van der Waals surface area contributed by atoms with Crippen LogP contribution in [0, 0.1) is 0 Å². The maximum absolute atomic E-state index is 12.6. The molecule has 1 N–H and O–H groups in total. The number of nitrogens with zero attached hydrogens (tertiary/aromatic N) is 1. The monoisotopic (exact) mass is 472 g/mol. The smallest absolute Gasteiger partial charge is 0.251 e. The number of para-hydroxylation sites is 1. The number of hydrogen-bond donors (Lipinski definition) is 1. The van der Waals surface area contributed by atoms with E-state index < -0.39 is 0 Å². The molecule has 1 aliphatic heterocycles. The second-order valence-corrected chi connectivity index (χ2v) is 9.06. The summed E-state index contributed by atoms with van der Waals surface area (Å²) in [6.45, 7) is 5.64. The number of carbonyl (C=O) groups excluding carboxylic acids is 1. The highest BCUT2D eigenvalue weighted by molar-refractivity contribution is 5.94. The molecule has 0 bridgehead atoms. The van der Waals surface area contributed by atoms with Gasteiger partial charge >= 0.3 is 0 Å². The van der Waals surface area contributed by atoms with Gasteiger partial charge in [-0.05, 0) is 73.7 Å². The zero-order chi connectivity index (χ0) is 24.5. The Morgan fingerprint density at radius 3 is 2.49 bits per heavy atom. The summed E-state index contributed by atoms with van der Waals surface area (Å²) >= 11 is 0. The lowest BCUT2D eigenvalue weighted by molar-refractivity contribution is 0.0950. The van der Waals surface area contributed by atoms with Crippen LogP contribution in [0.3, 0.4) is 0 Å². The summed E-state index contributed by atoms with van der Waals surface area (Å²) in [5.41, 5.74) is 4.19. The molecule has 1 amide bonds. The predicted molar refractivity (Wildman–Crippen MR) is 141 cm³/mol. The first-order chi connectivity index (χ1) is 17.2. The molecule has 35 heavy (non-hydrogen) atoms. The first-order valence-corrected chi connectivity index (χ1v) is 12.7. The minimum absolute atomic E-state index is 0.0127. The predicted octanol–water partition coefficient (Wildman–Crippen LogP) is 5.59. The van der Waals surface area contributed by atoms with Gasteiger partial charge in [0.25, 0.3) is 5.91 Å². The summed E-state index contributed by atoms with van der Waals surface area (Å²) in [4.78, 5) is 15.1. The Hall–Kier alpha value is -3.31. The van der Waals surface area contributed by atoms with E-state index in [1.165, 1.54) is 5.56 Å². The van der Waals surface area contributed by atoms with E-state index >= 15 is 0 Å². The molecule has 3 aromatic carbocycles. The zero-order valence-electron chi connectivity index (χ0n) is 20.8. The molecule has 0 saturated carbocycles. The van der Waals surface area contributed by atoms with Crippen LogP contribution in [0.4, 0.5) is 0 Å². The fraction of sp³-hybridized carbons (Fsp3) is 0.367. The van der Waals surface area contributed by atoms with E-state index in [0.29, 0.717) is 24.8 Å². The minimum Gasteiger partial charge on any atom is -0.493 e. The number of unbranched alkanes of at least 4 members (excludes halogenated alkanes) is 1. The third-order valence-electron chi connectivity index (χ3n) is 6.60. The zero-order valence-corrected chi connectivity index (χ0v) is 20.8. The largest absolute Gasteiger partial charge is 0.493 e. The van der Waals surface area contributed by atoms with Crippen LogP contribution in [0.1, 0.15) is 42.1 Å². The van der Waals surface area contributed by atoms with Gasteiger partial charge in [0.1, 0.15) is 6.61 Å². The van der Waals surface area contributed by atoms with Crippen molar-refractivity contribution >= 4 is 5.91 Å². The summed E-state index contributed by atoms with van der Waals surface area (Å²) in [6, 6.07) is 24.5. The Morgan fingerprint density at radius 2 is 1.74 bits per heavy atom. The SMILES string of the molecule is CCCN(CCCCNC(=O)c1ccc(-c2ccccc2)cc1)[C@H]1COc2c(cccc2OC)C1. The highest BCUT2D eigenvalue weighted by atomic mass is 16.5. The van der Waals surface area contributed by atoms with Crippen molar-refractivity contribution in [3.63, 3.8) is 0 Å². The van der Waals surface area contributed by atoms with Crippen molar-refractivity contribution in [2.24, 2.45) is 0 Å². The normalized spacial score (nSPS) is 14.8. The van der Waals surface area contributed by atoms with Crippen molar-refractivity contribution in [1.29, 1.82) is 0 Å². The Balaban J connectivity index is 1.22. The van der Waals surface area contributed by atoms with Gasteiger partial charge in [-0.2, -0.15) is 0 Å². The number of ether oxygens (including phenoxy) is 2. The standard InChI is InChI=1S/C30H36N2O3/c1-3-19-32(27-21-26-12-9-13-28(34-2)29(26)35-22-27)20-8-7-18-31-30(33)25-16-14-24(15-17-25)23-10-5-4-6-11-23/h4-6,9-17,27H,3,7-8,18-22H2,1-2H3,(H,31,33)/t27-/m1/s1. The van der Waals surface area contributed by atoms with E-state index in [2.05, 4.69) is 35.3 Å². The van der Waals surface area contributed by atoms with Crippen molar-refractivity contribution in [2.45, 2.75) is 38.6 Å². The molecule has 0 radical (unpaired) electrons. The van der Waals surface area contributed by atoms with Gasteiger partial charge in [-0.3, -0.25) is 9.69 Å². The average molecular weight is 473 g/mol. The first-order valence-electron chi connectivity index (χ1n) is 12.7. The van der Waals surface area contributed by atoms with Gasteiger partial charge in [-0.1, -0.05) is 61.5 Å². The molecule has 1 atom stereocenters. The number of carbonyl (C=O) groups is 1. The van der Waals surface area contributed by atoms with Gasteiger partial charge in [0, 0.05) is 18.2 Å². The summed E-state index contributed by atoms with van der Waals surface area (Å²) in [5.74, 6) is 1.69. The van der Waals surface area contributed by atoms with Crippen LogP contribution in [-0.4, -0.2) is 50.2 Å². The second kappa shape index (κ2) is 12.4. The molecule has 5 heteroatoms. The van der Waals surface area contributed by atoms with Crippen molar-refractivity contribution in [3.05, 3.63) is 83.9 Å². The van der Waals surface area contributed by atoms with Crippen LogP contribution in [-0.2, 0) is 6.42 Å². The lowest BCUT2D eigenvalue weighted by atomic mass is 10.0. The average Bonchev–Trinajstić information content (AvgIpc) is 2.92. The fourth-order valence-corrected chi connectivity index (χ4v) is 4.73. The molecular weight excluding hydrogens is 436 g/mol. The quantitative estimate of drug-likeness (QED) is 0.370. The number of methoxy groups -OCH3 is 1. The van der Waals surface area contributed by atoms with Gasteiger partial charge in [0.2, 0.25) is 0 Å². The molecule has 0 unspecified atom stereocenters. The highest BCUT2D eigenvalue weighted by Gasteiger charge is 2.26. The Morgan fingerprint density at radius 1 is 0.971 bits per heavy atom. The van der Waals surface area contributed by atoms with Crippen molar-refractivity contribution < 1.29 is 14.3 Å². The molecular formula is C30H36N2O3. The summed E-state index contributed by atoms with van der Waals surface area (Å²) in [6.07, 6.45) is 4.07. The van der Waals surface area contributed by atoms with E-state index in [4.69, 9.17) is 9.47 Å². The maximum Gasteiger partial charge on any atom is 0.251 e. The van der Waals surface area contributed by atoms with Crippen molar-refractivity contribution in [3.8, 4) is 22.6 Å². The van der Waals surface area contributed by atoms with Gasteiger partial charge in [-0.15, -0.1) is 0 Å². The number of hydrogen-bond acceptors (Lipinski definition) is 4. The third-order valence-corrected chi connectivity index (χ3v) is 6.60. The second-order valence-electron chi connectivity index (χ2n) is 9.06. The summed E-state index contributed by atoms with van der Waals surface area (Å²) in [5, 5.41) is 3.07. The number of nitrogens with one attached hydrogen (secondary N) is 1. The fourth-order valence-electron chi connectivity index (χ4n) is 4.73. The molecule has 1 heterocycles. The molecule has 0 aliphatic carbocycles. The van der Waals surface area contributed by atoms with Gasteiger partial charge in [-0.25, -0.2) is 0 Å². The summed E-state index contributed by atoms with van der Waals surface area (Å²) < 4.78 is 11.6. The Labute approximate surface area is 209 Å². The van der Waals surface area contributed by atoms with Crippen LogP contribution in [0.25, 0.3) is 11.1 Å². The Kier molecular flexibility index (Phi) is 8.79. The van der Waals surface area contributed by atoms with E-state index in [9.17, 15) is 4.79 Å². The molecule has 3 aromatic rings. The molecule has 0 saturated heterocycles. The van der Waals surface area contributed by atoms with Gasteiger partial charge < -0.3 is 14.8 Å². The number of fused-ring (bicyclic) bond motifs is 1. The number of rotatable bonds is 11. The minimum atomic E-state index is -0.0127.